The molecule has 3 rings (SSSR count). The highest BCUT2D eigenvalue weighted by Crippen LogP contribution is 2.26. The number of anilines is 1. The van der Waals surface area contributed by atoms with Crippen LogP contribution in [-0.4, -0.2) is 47.0 Å². The molecule has 1 aromatic carbocycles. The second-order valence-electron chi connectivity index (χ2n) is 8.14. The van der Waals surface area contributed by atoms with E-state index >= 15 is 0 Å². The van der Waals surface area contributed by atoms with Crippen LogP contribution in [0.3, 0.4) is 0 Å². The lowest BCUT2D eigenvalue weighted by Gasteiger charge is -2.26. The molecule has 0 N–H and O–H groups in total. The number of aromatic nitrogens is 2. The van der Waals surface area contributed by atoms with E-state index in [1.807, 2.05) is 24.0 Å². The number of unbranched alkanes of at least 4 members (excludes halogenated alkanes) is 2. The first-order chi connectivity index (χ1) is 14.5. The molecular weight excluding hydrogens is 396 g/mol. The van der Waals surface area contributed by atoms with E-state index in [1.165, 1.54) is 5.56 Å². The standard InChI is InChI=1S/C24H33ClN4O/c1-4-5-6-8-23(30)28-13-7-14-29(16-15-28)24-22(18(2)26-19(3)27-24)17-20-9-11-21(25)12-10-20/h9-12H,4-8,13-17H2,1-3H3. The van der Waals surface area contributed by atoms with Crippen molar-refractivity contribution in [1.82, 2.24) is 14.9 Å². The van der Waals surface area contributed by atoms with Gasteiger partial charge in [-0.25, -0.2) is 9.97 Å². The van der Waals surface area contributed by atoms with Gasteiger partial charge in [-0.3, -0.25) is 4.79 Å². The molecule has 6 heteroatoms. The Morgan fingerprint density at radius 2 is 1.80 bits per heavy atom. The van der Waals surface area contributed by atoms with Gasteiger partial charge in [0.15, 0.2) is 0 Å². The minimum Gasteiger partial charge on any atom is -0.354 e. The zero-order chi connectivity index (χ0) is 21.5. The molecule has 0 atom stereocenters. The Bertz CT molecular complexity index is 853. The lowest BCUT2D eigenvalue weighted by molar-refractivity contribution is -0.131. The fraction of sp³-hybridized carbons (Fsp3) is 0.542. The first-order valence-electron chi connectivity index (χ1n) is 11.1. The molecule has 2 aromatic rings. The van der Waals surface area contributed by atoms with Crippen LogP contribution in [0.15, 0.2) is 24.3 Å². The molecule has 162 valence electrons. The number of aryl methyl sites for hydroxylation is 2. The number of nitrogens with zero attached hydrogens (tertiary/aromatic N) is 4. The quantitative estimate of drug-likeness (QED) is 0.585. The second kappa shape index (κ2) is 10.8. The largest absolute Gasteiger partial charge is 0.354 e. The summed E-state index contributed by atoms with van der Waals surface area (Å²) in [5.41, 5.74) is 3.37. The summed E-state index contributed by atoms with van der Waals surface area (Å²) in [4.78, 5) is 26.4. The zero-order valence-electron chi connectivity index (χ0n) is 18.5. The van der Waals surface area contributed by atoms with Crippen LogP contribution in [-0.2, 0) is 11.2 Å². The average molecular weight is 429 g/mol. The van der Waals surface area contributed by atoms with Crippen molar-refractivity contribution < 1.29 is 4.79 Å². The molecule has 0 bridgehead atoms. The topological polar surface area (TPSA) is 49.3 Å². The highest BCUT2D eigenvalue weighted by atomic mass is 35.5. The molecule has 1 amide bonds. The summed E-state index contributed by atoms with van der Waals surface area (Å²) < 4.78 is 0. The summed E-state index contributed by atoms with van der Waals surface area (Å²) in [5, 5.41) is 0.743. The van der Waals surface area contributed by atoms with Gasteiger partial charge in [0.2, 0.25) is 5.91 Å². The first kappa shape index (κ1) is 22.5. The van der Waals surface area contributed by atoms with Gasteiger partial charge in [-0.1, -0.05) is 43.5 Å². The van der Waals surface area contributed by atoms with Crippen molar-refractivity contribution in [1.29, 1.82) is 0 Å². The van der Waals surface area contributed by atoms with Crippen molar-refractivity contribution >= 4 is 23.3 Å². The van der Waals surface area contributed by atoms with Crippen molar-refractivity contribution in [3.05, 3.63) is 51.9 Å². The molecule has 5 nitrogen and oxygen atoms in total. The highest BCUT2D eigenvalue weighted by Gasteiger charge is 2.22. The Balaban J connectivity index is 1.76. The molecule has 0 saturated carbocycles. The number of carbonyl (C=O) groups is 1. The Hall–Kier alpha value is -2.14. The number of hydrogen-bond acceptors (Lipinski definition) is 4. The summed E-state index contributed by atoms with van der Waals surface area (Å²) >= 11 is 6.05. The number of rotatable bonds is 7. The first-order valence-corrected chi connectivity index (χ1v) is 11.5. The SMILES string of the molecule is CCCCCC(=O)N1CCCN(c2nc(C)nc(C)c2Cc2ccc(Cl)cc2)CC1. The highest BCUT2D eigenvalue weighted by molar-refractivity contribution is 6.30. The predicted molar refractivity (Wildman–Crippen MR) is 123 cm³/mol. The Kier molecular flexibility index (Phi) is 8.08. The molecule has 0 unspecified atom stereocenters. The van der Waals surface area contributed by atoms with Crippen molar-refractivity contribution in [2.24, 2.45) is 0 Å². The molecule has 0 aliphatic carbocycles. The number of hydrogen-bond donors (Lipinski definition) is 0. The van der Waals surface area contributed by atoms with Gasteiger partial charge in [-0.2, -0.15) is 0 Å². The summed E-state index contributed by atoms with van der Waals surface area (Å²) in [6, 6.07) is 7.97. The van der Waals surface area contributed by atoms with E-state index in [-0.39, 0.29) is 0 Å². The van der Waals surface area contributed by atoms with E-state index in [2.05, 4.69) is 35.9 Å². The third-order valence-corrected chi connectivity index (χ3v) is 5.99. The lowest BCUT2D eigenvalue weighted by atomic mass is 10.0. The predicted octanol–water partition coefficient (Wildman–Crippen LogP) is 4.96. The van der Waals surface area contributed by atoms with Gasteiger partial charge >= 0.3 is 0 Å². The molecule has 1 fully saturated rings. The van der Waals surface area contributed by atoms with Crippen LogP contribution in [0.25, 0.3) is 0 Å². The maximum atomic E-state index is 12.6. The van der Waals surface area contributed by atoms with Gasteiger partial charge in [-0.05, 0) is 44.4 Å². The van der Waals surface area contributed by atoms with E-state index in [1.54, 1.807) is 0 Å². The van der Waals surface area contributed by atoms with Crippen molar-refractivity contribution in [2.75, 3.05) is 31.1 Å². The summed E-state index contributed by atoms with van der Waals surface area (Å²) in [6.07, 6.45) is 5.66. The number of amides is 1. The van der Waals surface area contributed by atoms with Gasteiger partial charge in [0.1, 0.15) is 11.6 Å². The van der Waals surface area contributed by atoms with Gasteiger partial charge < -0.3 is 9.80 Å². The maximum absolute atomic E-state index is 12.6. The van der Waals surface area contributed by atoms with Crippen LogP contribution < -0.4 is 4.90 Å². The van der Waals surface area contributed by atoms with E-state index in [0.717, 1.165) is 86.2 Å². The Labute approximate surface area is 185 Å². The van der Waals surface area contributed by atoms with Crippen LogP contribution in [0.1, 0.15) is 61.7 Å². The third-order valence-electron chi connectivity index (χ3n) is 5.74. The number of halogens is 1. The van der Waals surface area contributed by atoms with Crippen LogP contribution >= 0.6 is 11.6 Å². The Morgan fingerprint density at radius 3 is 2.53 bits per heavy atom. The monoisotopic (exact) mass is 428 g/mol. The Morgan fingerprint density at radius 1 is 1.03 bits per heavy atom. The minimum absolute atomic E-state index is 0.293. The molecule has 0 radical (unpaired) electrons. The third kappa shape index (κ3) is 5.94. The molecule has 1 saturated heterocycles. The van der Waals surface area contributed by atoms with Gasteiger partial charge in [0.05, 0.1) is 0 Å². The molecular formula is C24H33ClN4O. The number of benzene rings is 1. The smallest absolute Gasteiger partial charge is 0.222 e. The summed E-state index contributed by atoms with van der Waals surface area (Å²) in [5.74, 6) is 2.09. The lowest BCUT2D eigenvalue weighted by Crippen LogP contribution is -2.35. The van der Waals surface area contributed by atoms with Gasteiger partial charge in [-0.15, -0.1) is 0 Å². The van der Waals surface area contributed by atoms with Crippen LogP contribution in [0.4, 0.5) is 5.82 Å². The van der Waals surface area contributed by atoms with E-state index in [4.69, 9.17) is 16.6 Å². The van der Waals surface area contributed by atoms with E-state index in [9.17, 15) is 4.79 Å². The van der Waals surface area contributed by atoms with Crippen LogP contribution in [0.2, 0.25) is 5.02 Å². The zero-order valence-corrected chi connectivity index (χ0v) is 19.2. The number of carbonyl (C=O) groups excluding carboxylic acids is 1. The van der Waals surface area contributed by atoms with Crippen LogP contribution in [0.5, 0.6) is 0 Å². The second-order valence-corrected chi connectivity index (χ2v) is 8.58. The normalized spacial score (nSPS) is 14.7. The van der Waals surface area contributed by atoms with Gasteiger partial charge in [0, 0.05) is 55.3 Å². The van der Waals surface area contributed by atoms with Crippen molar-refractivity contribution in [3.8, 4) is 0 Å². The summed E-state index contributed by atoms with van der Waals surface area (Å²) in [6.45, 7) is 9.48. The van der Waals surface area contributed by atoms with Gasteiger partial charge in [0.25, 0.3) is 0 Å². The minimum atomic E-state index is 0.293. The van der Waals surface area contributed by atoms with E-state index in [0.29, 0.717) is 12.3 Å². The van der Waals surface area contributed by atoms with Crippen molar-refractivity contribution in [3.63, 3.8) is 0 Å². The van der Waals surface area contributed by atoms with Crippen molar-refractivity contribution in [2.45, 2.75) is 59.3 Å². The maximum Gasteiger partial charge on any atom is 0.222 e. The molecule has 2 heterocycles. The summed E-state index contributed by atoms with van der Waals surface area (Å²) in [7, 11) is 0. The van der Waals surface area contributed by atoms with E-state index < -0.39 is 0 Å². The van der Waals surface area contributed by atoms with Crippen LogP contribution in [0, 0.1) is 13.8 Å². The fourth-order valence-electron chi connectivity index (χ4n) is 4.06. The molecule has 1 aliphatic rings. The molecule has 1 aliphatic heterocycles. The fourth-order valence-corrected chi connectivity index (χ4v) is 4.18. The average Bonchev–Trinajstić information content (AvgIpc) is 2.98. The molecule has 0 spiro atoms. The molecule has 30 heavy (non-hydrogen) atoms. The molecule has 1 aromatic heterocycles.